The molecule has 0 saturated carbocycles. The molecule has 3 nitrogen and oxygen atoms in total. The fourth-order valence-electron chi connectivity index (χ4n) is 2.37. The molecule has 0 saturated heterocycles. The minimum Gasteiger partial charge on any atom is -0.344 e. The maximum absolute atomic E-state index is 12.4. The van der Waals surface area contributed by atoms with Crippen LogP contribution in [0.2, 0.25) is 5.02 Å². The van der Waals surface area contributed by atoms with Gasteiger partial charge in [-0.2, -0.15) is 0 Å². The Morgan fingerprint density at radius 2 is 1.77 bits per heavy atom. The van der Waals surface area contributed by atoms with Crippen molar-refractivity contribution in [3.05, 3.63) is 76.9 Å². The van der Waals surface area contributed by atoms with Crippen LogP contribution in [0.5, 0.6) is 0 Å². The molecule has 0 aliphatic carbocycles. The number of nitrogens with zero attached hydrogens (tertiary/aromatic N) is 1. The second-order valence-corrected chi connectivity index (χ2v) is 5.51. The number of pyridine rings is 1. The zero-order valence-corrected chi connectivity index (χ0v) is 12.8. The zero-order valence-electron chi connectivity index (χ0n) is 12.1. The third-order valence-electron chi connectivity index (χ3n) is 3.55. The molecule has 3 rings (SSSR count). The number of nitrogens with one attached hydrogen (secondary N) is 1. The quantitative estimate of drug-likeness (QED) is 0.780. The van der Waals surface area contributed by atoms with E-state index >= 15 is 0 Å². The summed E-state index contributed by atoms with van der Waals surface area (Å²) in [6.07, 6.45) is 0. The van der Waals surface area contributed by atoms with Crippen LogP contribution in [0.1, 0.15) is 29.0 Å². The van der Waals surface area contributed by atoms with Crippen molar-refractivity contribution in [3.8, 4) is 0 Å². The molecule has 1 unspecified atom stereocenters. The molecule has 110 valence electrons. The molecular formula is C18H15ClN2O. The monoisotopic (exact) mass is 310 g/mol. The van der Waals surface area contributed by atoms with Crippen molar-refractivity contribution in [3.63, 3.8) is 0 Å². The first-order valence-corrected chi connectivity index (χ1v) is 7.44. The molecule has 1 amide bonds. The standard InChI is InChI=1S/C18H15ClN2O/c1-12(14-7-3-4-8-15(14)19)20-18(22)17-11-10-13-6-2-5-9-16(13)21-17/h2-12H,1H3,(H,20,22). The van der Waals surface area contributed by atoms with Crippen LogP contribution in [-0.2, 0) is 0 Å². The molecular weight excluding hydrogens is 296 g/mol. The second kappa shape index (κ2) is 6.16. The van der Waals surface area contributed by atoms with E-state index in [0.29, 0.717) is 10.7 Å². The predicted octanol–water partition coefficient (Wildman–Crippen LogP) is 4.38. The lowest BCUT2D eigenvalue weighted by molar-refractivity contribution is 0.0935. The maximum atomic E-state index is 12.4. The lowest BCUT2D eigenvalue weighted by atomic mass is 10.1. The fraction of sp³-hybridized carbons (Fsp3) is 0.111. The molecule has 0 aliphatic rings. The van der Waals surface area contributed by atoms with Crippen molar-refractivity contribution in [1.82, 2.24) is 10.3 Å². The van der Waals surface area contributed by atoms with Gasteiger partial charge in [-0.3, -0.25) is 4.79 Å². The number of rotatable bonds is 3. The van der Waals surface area contributed by atoms with Gasteiger partial charge in [-0.05, 0) is 30.7 Å². The number of halogens is 1. The summed E-state index contributed by atoms with van der Waals surface area (Å²) in [6.45, 7) is 1.90. The highest BCUT2D eigenvalue weighted by Gasteiger charge is 2.14. The Labute approximate surface area is 133 Å². The minimum absolute atomic E-state index is 0.186. The van der Waals surface area contributed by atoms with E-state index in [2.05, 4.69) is 10.3 Å². The number of carbonyl (C=O) groups is 1. The van der Waals surface area contributed by atoms with Crippen LogP contribution >= 0.6 is 11.6 Å². The summed E-state index contributed by atoms with van der Waals surface area (Å²) in [7, 11) is 0. The first-order chi connectivity index (χ1) is 10.6. The Morgan fingerprint density at radius 3 is 2.59 bits per heavy atom. The second-order valence-electron chi connectivity index (χ2n) is 5.11. The summed E-state index contributed by atoms with van der Waals surface area (Å²) in [6, 6.07) is 18.6. The molecule has 4 heteroatoms. The van der Waals surface area contributed by atoms with Crippen LogP contribution in [0, 0.1) is 0 Å². The Hall–Kier alpha value is -2.39. The van der Waals surface area contributed by atoms with Crippen molar-refractivity contribution in [2.24, 2.45) is 0 Å². The minimum atomic E-state index is -0.210. The van der Waals surface area contributed by atoms with Gasteiger partial charge < -0.3 is 5.32 Å². The Morgan fingerprint density at radius 1 is 1.05 bits per heavy atom. The Balaban J connectivity index is 1.82. The van der Waals surface area contributed by atoms with Crippen LogP contribution < -0.4 is 5.32 Å². The van der Waals surface area contributed by atoms with E-state index in [1.807, 2.05) is 61.5 Å². The van der Waals surface area contributed by atoms with E-state index in [9.17, 15) is 4.79 Å². The molecule has 0 fully saturated rings. The first-order valence-electron chi connectivity index (χ1n) is 7.06. The van der Waals surface area contributed by atoms with Gasteiger partial charge >= 0.3 is 0 Å². The molecule has 22 heavy (non-hydrogen) atoms. The van der Waals surface area contributed by atoms with Gasteiger partial charge in [-0.1, -0.05) is 54.1 Å². The van der Waals surface area contributed by atoms with Gasteiger partial charge in [0.25, 0.3) is 5.91 Å². The average Bonchev–Trinajstić information content (AvgIpc) is 2.54. The summed E-state index contributed by atoms with van der Waals surface area (Å²) >= 11 is 6.16. The van der Waals surface area contributed by atoms with E-state index in [1.54, 1.807) is 6.07 Å². The third kappa shape index (κ3) is 2.95. The summed E-state index contributed by atoms with van der Waals surface area (Å²) in [5.41, 5.74) is 2.09. The summed E-state index contributed by atoms with van der Waals surface area (Å²) in [5, 5.41) is 4.58. The first kappa shape index (κ1) is 14.5. The van der Waals surface area contributed by atoms with E-state index in [0.717, 1.165) is 16.5 Å². The van der Waals surface area contributed by atoms with Crippen molar-refractivity contribution in [2.45, 2.75) is 13.0 Å². The number of aromatic nitrogens is 1. The topological polar surface area (TPSA) is 42.0 Å². The number of benzene rings is 2. The smallest absolute Gasteiger partial charge is 0.270 e. The van der Waals surface area contributed by atoms with Crippen LogP contribution in [0.25, 0.3) is 10.9 Å². The summed E-state index contributed by atoms with van der Waals surface area (Å²) < 4.78 is 0. The van der Waals surface area contributed by atoms with Crippen LogP contribution in [0.15, 0.2) is 60.7 Å². The van der Waals surface area contributed by atoms with Crippen molar-refractivity contribution >= 4 is 28.4 Å². The van der Waals surface area contributed by atoms with Gasteiger partial charge in [-0.25, -0.2) is 4.98 Å². The molecule has 1 atom stereocenters. The lowest BCUT2D eigenvalue weighted by Gasteiger charge is -2.15. The molecule has 0 spiro atoms. The van der Waals surface area contributed by atoms with E-state index < -0.39 is 0 Å². The van der Waals surface area contributed by atoms with E-state index in [1.165, 1.54) is 0 Å². The van der Waals surface area contributed by atoms with Gasteiger partial charge in [0.1, 0.15) is 5.69 Å². The highest BCUT2D eigenvalue weighted by atomic mass is 35.5. The Kier molecular flexibility index (Phi) is 4.07. The highest BCUT2D eigenvalue weighted by Crippen LogP contribution is 2.22. The number of para-hydroxylation sites is 1. The number of fused-ring (bicyclic) bond motifs is 1. The SMILES string of the molecule is CC(NC(=O)c1ccc2ccccc2n1)c1ccccc1Cl. The van der Waals surface area contributed by atoms with Crippen LogP contribution in [0.3, 0.4) is 0 Å². The molecule has 0 bridgehead atoms. The molecule has 1 N–H and O–H groups in total. The maximum Gasteiger partial charge on any atom is 0.270 e. The number of hydrogen-bond acceptors (Lipinski definition) is 2. The number of hydrogen-bond donors (Lipinski definition) is 1. The highest BCUT2D eigenvalue weighted by molar-refractivity contribution is 6.31. The van der Waals surface area contributed by atoms with Gasteiger partial charge in [0.2, 0.25) is 0 Å². The molecule has 1 aromatic heterocycles. The molecule has 0 radical (unpaired) electrons. The number of carbonyl (C=O) groups excluding carboxylic acids is 1. The summed E-state index contributed by atoms with van der Waals surface area (Å²) in [5.74, 6) is -0.210. The van der Waals surface area contributed by atoms with Gasteiger partial charge in [0.15, 0.2) is 0 Å². The normalized spacial score (nSPS) is 12.1. The van der Waals surface area contributed by atoms with Crippen molar-refractivity contribution in [1.29, 1.82) is 0 Å². The van der Waals surface area contributed by atoms with Gasteiger partial charge in [-0.15, -0.1) is 0 Å². The third-order valence-corrected chi connectivity index (χ3v) is 3.89. The lowest BCUT2D eigenvalue weighted by Crippen LogP contribution is -2.27. The molecule has 1 heterocycles. The predicted molar refractivity (Wildman–Crippen MR) is 89.1 cm³/mol. The van der Waals surface area contributed by atoms with Crippen molar-refractivity contribution < 1.29 is 4.79 Å². The van der Waals surface area contributed by atoms with Gasteiger partial charge in [0.05, 0.1) is 11.6 Å². The average molecular weight is 311 g/mol. The van der Waals surface area contributed by atoms with E-state index in [-0.39, 0.29) is 11.9 Å². The van der Waals surface area contributed by atoms with Crippen LogP contribution in [-0.4, -0.2) is 10.9 Å². The molecule has 2 aromatic carbocycles. The Bertz CT molecular complexity index is 832. The van der Waals surface area contributed by atoms with E-state index in [4.69, 9.17) is 11.6 Å². The fourth-order valence-corrected chi connectivity index (χ4v) is 2.67. The summed E-state index contributed by atoms with van der Waals surface area (Å²) in [4.78, 5) is 16.8. The largest absolute Gasteiger partial charge is 0.344 e. The zero-order chi connectivity index (χ0) is 15.5. The number of amides is 1. The molecule has 0 aliphatic heterocycles. The van der Waals surface area contributed by atoms with Crippen molar-refractivity contribution in [2.75, 3.05) is 0 Å². The molecule has 3 aromatic rings. The van der Waals surface area contributed by atoms with Crippen LogP contribution in [0.4, 0.5) is 0 Å². The van der Waals surface area contributed by atoms with Gasteiger partial charge in [0, 0.05) is 10.4 Å².